The van der Waals surface area contributed by atoms with Crippen molar-refractivity contribution in [2.24, 2.45) is 5.73 Å². The van der Waals surface area contributed by atoms with Gasteiger partial charge in [-0.15, -0.1) is 0 Å². The molecule has 5 heteroatoms. The van der Waals surface area contributed by atoms with Gasteiger partial charge in [0.1, 0.15) is 11.0 Å². The quantitative estimate of drug-likeness (QED) is 0.908. The average molecular weight is 254 g/mol. The molecule has 1 heterocycles. The second-order valence-electron chi connectivity index (χ2n) is 3.75. The number of rotatable bonds is 4. The van der Waals surface area contributed by atoms with Crippen LogP contribution in [0, 0.1) is 5.82 Å². The largest absolute Gasteiger partial charge is 0.330 e. The lowest BCUT2D eigenvalue weighted by atomic mass is 10.2. The molecule has 1 aromatic carbocycles. The maximum absolute atomic E-state index is 13.5. The number of nitrogens with zero attached hydrogens (tertiary/aromatic N) is 2. The fourth-order valence-corrected chi connectivity index (χ4v) is 1.88. The van der Waals surface area contributed by atoms with Gasteiger partial charge in [-0.05, 0) is 19.0 Å². The smallest absolute Gasteiger partial charge is 0.130 e. The minimum atomic E-state index is -0.251. The molecule has 0 aliphatic heterocycles. The molecule has 2 rings (SSSR count). The first-order valence-corrected chi connectivity index (χ1v) is 5.74. The highest BCUT2D eigenvalue weighted by Crippen LogP contribution is 2.18. The summed E-state index contributed by atoms with van der Waals surface area (Å²) in [6.45, 7) is 0.848. The molecule has 0 fully saturated rings. The first-order chi connectivity index (χ1) is 8.22. The molecule has 0 bridgehead atoms. The number of hydrogen-bond donors (Lipinski definition) is 1. The minimum Gasteiger partial charge on any atom is -0.330 e. The molecule has 0 radical (unpaired) electrons. The summed E-state index contributed by atoms with van der Waals surface area (Å²) in [4.78, 5) is 0. The topological polar surface area (TPSA) is 43.8 Å². The summed E-state index contributed by atoms with van der Waals surface area (Å²) < 4.78 is 15.0. The molecule has 90 valence electrons. The van der Waals surface area contributed by atoms with Crippen LogP contribution in [-0.4, -0.2) is 16.3 Å². The van der Waals surface area contributed by atoms with Gasteiger partial charge in [-0.2, -0.15) is 5.10 Å². The Morgan fingerprint density at radius 1 is 1.29 bits per heavy atom. The van der Waals surface area contributed by atoms with Crippen LogP contribution >= 0.6 is 11.6 Å². The van der Waals surface area contributed by atoms with Gasteiger partial charge in [0.15, 0.2) is 0 Å². The van der Waals surface area contributed by atoms with Crippen LogP contribution in [0.25, 0.3) is 0 Å². The van der Waals surface area contributed by atoms with Gasteiger partial charge in [0.05, 0.1) is 12.7 Å². The first-order valence-electron chi connectivity index (χ1n) is 5.36. The average Bonchev–Trinajstić information content (AvgIpc) is 2.65. The van der Waals surface area contributed by atoms with Crippen LogP contribution < -0.4 is 5.73 Å². The van der Waals surface area contributed by atoms with Gasteiger partial charge in [-0.3, -0.25) is 0 Å². The van der Waals surface area contributed by atoms with E-state index in [9.17, 15) is 4.39 Å². The van der Waals surface area contributed by atoms with Crippen molar-refractivity contribution in [2.75, 3.05) is 6.54 Å². The molecule has 2 aromatic rings. The zero-order chi connectivity index (χ0) is 12.3. The van der Waals surface area contributed by atoms with E-state index in [-0.39, 0.29) is 5.82 Å². The van der Waals surface area contributed by atoms with Crippen LogP contribution in [0.15, 0.2) is 30.5 Å². The molecular weight excluding hydrogens is 241 g/mol. The van der Waals surface area contributed by atoms with E-state index in [1.54, 1.807) is 29.1 Å². The minimum absolute atomic E-state index is 0.251. The van der Waals surface area contributed by atoms with E-state index in [0.717, 1.165) is 5.56 Å². The van der Waals surface area contributed by atoms with Crippen molar-refractivity contribution in [3.8, 4) is 0 Å². The Labute approximate surface area is 104 Å². The third-order valence-electron chi connectivity index (χ3n) is 2.54. The fourth-order valence-electron chi connectivity index (χ4n) is 1.63. The Balaban J connectivity index is 2.22. The Hall–Kier alpha value is -1.39. The summed E-state index contributed by atoms with van der Waals surface area (Å²) in [6, 6.07) is 6.59. The van der Waals surface area contributed by atoms with Crippen molar-refractivity contribution in [3.63, 3.8) is 0 Å². The van der Waals surface area contributed by atoms with Crippen molar-refractivity contribution < 1.29 is 4.39 Å². The van der Waals surface area contributed by atoms with Crippen LogP contribution in [0.4, 0.5) is 4.39 Å². The molecule has 0 amide bonds. The van der Waals surface area contributed by atoms with Gasteiger partial charge in [0, 0.05) is 11.1 Å². The van der Waals surface area contributed by atoms with Gasteiger partial charge in [0.25, 0.3) is 0 Å². The second kappa shape index (κ2) is 5.29. The second-order valence-corrected chi connectivity index (χ2v) is 4.11. The van der Waals surface area contributed by atoms with Crippen LogP contribution in [0.5, 0.6) is 0 Å². The molecule has 3 nitrogen and oxygen atoms in total. The molecule has 17 heavy (non-hydrogen) atoms. The maximum Gasteiger partial charge on any atom is 0.130 e. The van der Waals surface area contributed by atoms with E-state index in [1.165, 1.54) is 6.07 Å². The molecule has 1 aromatic heterocycles. The lowest BCUT2D eigenvalue weighted by molar-refractivity contribution is 0.585. The Morgan fingerprint density at radius 3 is 2.76 bits per heavy atom. The van der Waals surface area contributed by atoms with Gasteiger partial charge >= 0.3 is 0 Å². The SMILES string of the molecule is NCCc1cnn(Cc2ccccc2F)c1Cl. The number of hydrogen-bond acceptors (Lipinski definition) is 2. The van der Waals surface area contributed by atoms with Gasteiger partial charge in [-0.25, -0.2) is 9.07 Å². The monoisotopic (exact) mass is 253 g/mol. The highest BCUT2D eigenvalue weighted by atomic mass is 35.5. The van der Waals surface area contributed by atoms with E-state index in [1.807, 2.05) is 0 Å². The highest BCUT2D eigenvalue weighted by Gasteiger charge is 2.09. The summed E-state index contributed by atoms with van der Waals surface area (Å²) in [6.07, 6.45) is 2.35. The Bertz CT molecular complexity index is 510. The number of aromatic nitrogens is 2. The summed E-state index contributed by atoms with van der Waals surface area (Å²) in [7, 11) is 0. The molecule has 2 N–H and O–H groups in total. The third-order valence-corrected chi connectivity index (χ3v) is 2.97. The molecular formula is C12H13ClFN3. The molecule has 0 unspecified atom stereocenters. The van der Waals surface area contributed by atoms with Gasteiger partial charge < -0.3 is 5.73 Å². The molecule has 0 atom stereocenters. The maximum atomic E-state index is 13.5. The summed E-state index contributed by atoms with van der Waals surface area (Å²) >= 11 is 6.13. The highest BCUT2D eigenvalue weighted by molar-refractivity contribution is 6.30. The Kier molecular flexibility index (Phi) is 3.76. The predicted molar refractivity (Wildman–Crippen MR) is 65.5 cm³/mol. The van der Waals surface area contributed by atoms with Crippen molar-refractivity contribution in [1.82, 2.24) is 9.78 Å². The van der Waals surface area contributed by atoms with Crippen LogP contribution in [0.1, 0.15) is 11.1 Å². The van der Waals surface area contributed by atoms with Gasteiger partial charge in [-0.1, -0.05) is 29.8 Å². The molecule has 0 aliphatic carbocycles. The Morgan fingerprint density at radius 2 is 2.06 bits per heavy atom. The molecule has 0 aliphatic rings. The fraction of sp³-hybridized carbons (Fsp3) is 0.250. The molecule has 0 spiro atoms. The van der Waals surface area contributed by atoms with Crippen molar-refractivity contribution in [2.45, 2.75) is 13.0 Å². The van der Waals surface area contributed by atoms with Crippen molar-refractivity contribution in [1.29, 1.82) is 0 Å². The van der Waals surface area contributed by atoms with E-state index in [2.05, 4.69) is 5.10 Å². The zero-order valence-electron chi connectivity index (χ0n) is 9.24. The van der Waals surface area contributed by atoms with E-state index >= 15 is 0 Å². The number of nitrogens with two attached hydrogens (primary N) is 1. The molecule has 0 saturated carbocycles. The standard InChI is InChI=1S/C12H13ClFN3/c13-12-9(5-6-15)7-16-17(12)8-10-3-1-2-4-11(10)14/h1-4,7H,5-6,8,15H2. The van der Waals surface area contributed by atoms with Crippen LogP contribution in [0.3, 0.4) is 0 Å². The third kappa shape index (κ3) is 2.65. The lowest BCUT2D eigenvalue weighted by Gasteiger charge is -2.05. The lowest BCUT2D eigenvalue weighted by Crippen LogP contribution is -2.05. The summed E-state index contributed by atoms with van der Waals surface area (Å²) in [5.74, 6) is -0.251. The van der Waals surface area contributed by atoms with E-state index in [4.69, 9.17) is 17.3 Å². The van der Waals surface area contributed by atoms with Crippen molar-refractivity contribution >= 4 is 11.6 Å². The predicted octanol–water partition coefficient (Wildman–Crippen LogP) is 2.23. The first kappa shape index (κ1) is 12.1. The molecule has 0 saturated heterocycles. The van der Waals surface area contributed by atoms with E-state index < -0.39 is 0 Å². The summed E-state index contributed by atoms with van der Waals surface area (Å²) in [5, 5.41) is 4.66. The van der Waals surface area contributed by atoms with E-state index in [0.29, 0.717) is 30.2 Å². The normalized spacial score (nSPS) is 10.8. The van der Waals surface area contributed by atoms with Crippen LogP contribution in [-0.2, 0) is 13.0 Å². The van der Waals surface area contributed by atoms with Crippen LogP contribution in [0.2, 0.25) is 5.15 Å². The zero-order valence-corrected chi connectivity index (χ0v) is 9.99. The summed E-state index contributed by atoms with van der Waals surface area (Å²) in [5.41, 5.74) is 6.92. The van der Waals surface area contributed by atoms with Crippen molar-refractivity contribution in [3.05, 3.63) is 52.6 Å². The number of benzene rings is 1. The number of halogens is 2. The van der Waals surface area contributed by atoms with Gasteiger partial charge in [0.2, 0.25) is 0 Å².